The Kier molecular flexibility index (Phi) is 6.31. The molecular weight excluding hydrogens is 394 g/mol. The van der Waals surface area contributed by atoms with Crippen molar-refractivity contribution in [3.63, 3.8) is 0 Å². The van der Waals surface area contributed by atoms with E-state index in [1.807, 2.05) is 6.07 Å². The molecule has 0 spiro atoms. The second kappa shape index (κ2) is 9.07. The van der Waals surface area contributed by atoms with Gasteiger partial charge in [-0.1, -0.05) is 29.8 Å². The van der Waals surface area contributed by atoms with Gasteiger partial charge in [0.2, 0.25) is 0 Å². The number of halogens is 1. The van der Waals surface area contributed by atoms with Gasteiger partial charge in [0.15, 0.2) is 0 Å². The Morgan fingerprint density at radius 3 is 2.00 bits per heavy atom. The maximum atomic E-state index is 12.5. The van der Waals surface area contributed by atoms with E-state index in [0.717, 1.165) is 0 Å². The van der Waals surface area contributed by atoms with Gasteiger partial charge in [-0.3, -0.25) is 14.6 Å². The summed E-state index contributed by atoms with van der Waals surface area (Å²) in [6.45, 7) is 0. The van der Waals surface area contributed by atoms with Crippen LogP contribution < -0.4 is 20.1 Å². The average Bonchev–Trinajstić information content (AvgIpc) is 2.74. The Bertz CT molecular complexity index is 1040. The van der Waals surface area contributed by atoms with Crippen LogP contribution in [0.25, 0.3) is 0 Å². The first kappa shape index (κ1) is 20.2. The number of anilines is 2. The number of hydrogen-bond donors (Lipinski definition) is 2. The number of nitrogens with zero attached hydrogens (tertiary/aromatic N) is 1. The van der Waals surface area contributed by atoms with Crippen LogP contribution in [-0.4, -0.2) is 31.0 Å². The summed E-state index contributed by atoms with van der Waals surface area (Å²) in [5.41, 5.74) is 1.41. The molecule has 3 aromatic rings. The van der Waals surface area contributed by atoms with Crippen molar-refractivity contribution < 1.29 is 19.1 Å². The lowest BCUT2D eigenvalue weighted by Crippen LogP contribution is -2.16. The highest BCUT2D eigenvalue weighted by Gasteiger charge is 2.17. The summed E-state index contributed by atoms with van der Waals surface area (Å²) in [5, 5.41) is 5.90. The molecule has 2 amide bonds. The molecule has 148 valence electrons. The molecule has 2 aromatic carbocycles. The maximum absolute atomic E-state index is 12.5. The lowest BCUT2D eigenvalue weighted by molar-refractivity contribution is 0.101. The molecule has 2 N–H and O–H groups in total. The van der Waals surface area contributed by atoms with Crippen LogP contribution in [0.3, 0.4) is 0 Å². The van der Waals surface area contributed by atoms with Gasteiger partial charge in [-0.2, -0.15) is 0 Å². The number of carbonyl (C=O) groups is 2. The number of benzene rings is 2. The van der Waals surface area contributed by atoms with Crippen molar-refractivity contribution in [2.24, 2.45) is 0 Å². The Balaban J connectivity index is 1.88. The molecule has 0 aliphatic heterocycles. The van der Waals surface area contributed by atoms with E-state index in [0.29, 0.717) is 33.5 Å². The van der Waals surface area contributed by atoms with E-state index in [4.69, 9.17) is 21.1 Å². The Morgan fingerprint density at radius 2 is 1.45 bits per heavy atom. The van der Waals surface area contributed by atoms with Crippen LogP contribution in [0, 0.1) is 0 Å². The standard InChI is InChI=1S/C21H18ClN3O4/c1-28-18-12-16(25-21(27)17-10-14(22)8-9-23-17)19(29-2)11-15(18)24-20(26)13-6-4-3-5-7-13/h3-12H,1-2H3,(H,24,26)(H,25,27). The second-order valence-corrected chi connectivity index (χ2v) is 6.32. The summed E-state index contributed by atoms with van der Waals surface area (Å²) in [4.78, 5) is 28.9. The van der Waals surface area contributed by atoms with E-state index < -0.39 is 5.91 Å². The normalized spacial score (nSPS) is 10.2. The highest BCUT2D eigenvalue weighted by Crippen LogP contribution is 2.37. The fourth-order valence-electron chi connectivity index (χ4n) is 2.59. The summed E-state index contributed by atoms with van der Waals surface area (Å²) in [6, 6.07) is 14.9. The number of amides is 2. The van der Waals surface area contributed by atoms with Gasteiger partial charge in [0, 0.05) is 28.9 Å². The Hall–Kier alpha value is -3.58. The number of aromatic nitrogens is 1. The summed E-state index contributed by atoms with van der Waals surface area (Å²) in [5.74, 6) is -0.0752. The van der Waals surface area contributed by atoms with Crippen LogP contribution in [0.1, 0.15) is 20.8 Å². The topological polar surface area (TPSA) is 89.6 Å². The second-order valence-electron chi connectivity index (χ2n) is 5.89. The van der Waals surface area contributed by atoms with Gasteiger partial charge in [-0.25, -0.2) is 0 Å². The van der Waals surface area contributed by atoms with E-state index in [-0.39, 0.29) is 11.6 Å². The molecule has 0 aliphatic carbocycles. The molecular formula is C21H18ClN3O4. The lowest BCUT2D eigenvalue weighted by Gasteiger charge is -2.16. The van der Waals surface area contributed by atoms with E-state index in [1.165, 1.54) is 26.5 Å². The molecule has 1 aromatic heterocycles. The fraction of sp³-hybridized carbons (Fsp3) is 0.0952. The monoisotopic (exact) mass is 411 g/mol. The molecule has 0 atom stereocenters. The Labute approximate surface area is 172 Å². The highest BCUT2D eigenvalue weighted by molar-refractivity contribution is 6.31. The predicted octanol–water partition coefficient (Wildman–Crippen LogP) is 4.26. The molecule has 0 unspecified atom stereocenters. The molecule has 29 heavy (non-hydrogen) atoms. The van der Waals surface area contributed by atoms with Gasteiger partial charge < -0.3 is 20.1 Å². The third-order valence-corrected chi connectivity index (χ3v) is 4.24. The molecule has 8 heteroatoms. The van der Waals surface area contributed by atoms with Crippen molar-refractivity contribution in [1.29, 1.82) is 0 Å². The quantitative estimate of drug-likeness (QED) is 0.632. The number of methoxy groups -OCH3 is 2. The lowest BCUT2D eigenvalue weighted by atomic mass is 10.2. The highest BCUT2D eigenvalue weighted by atomic mass is 35.5. The number of nitrogens with one attached hydrogen (secondary N) is 2. The van der Waals surface area contributed by atoms with Gasteiger partial charge in [-0.05, 0) is 24.3 Å². The first-order valence-corrected chi connectivity index (χ1v) is 8.95. The minimum Gasteiger partial charge on any atom is -0.494 e. The molecule has 0 aliphatic rings. The maximum Gasteiger partial charge on any atom is 0.274 e. The average molecular weight is 412 g/mol. The fourth-order valence-corrected chi connectivity index (χ4v) is 2.75. The first-order chi connectivity index (χ1) is 14.0. The summed E-state index contributed by atoms with van der Waals surface area (Å²) < 4.78 is 10.7. The van der Waals surface area contributed by atoms with E-state index in [1.54, 1.807) is 42.5 Å². The molecule has 7 nitrogen and oxygen atoms in total. The van der Waals surface area contributed by atoms with Crippen molar-refractivity contribution in [3.05, 3.63) is 77.1 Å². The summed E-state index contributed by atoms with van der Waals surface area (Å²) in [7, 11) is 2.92. The molecule has 0 radical (unpaired) electrons. The van der Waals surface area contributed by atoms with Crippen molar-refractivity contribution in [2.75, 3.05) is 24.9 Å². The molecule has 0 bridgehead atoms. The zero-order chi connectivity index (χ0) is 20.8. The van der Waals surface area contributed by atoms with Crippen LogP contribution in [-0.2, 0) is 0 Å². The zero-order valence-corrected chi connectivity index (χ0v) is 16.5. The van der Waals surface area contributed by atoms with Crippen molar-refractivity contribution >= 4 is 34.8 Å². The SMILES string of the molecule is COc1cc(NC(=O)c2cc(Cl)ccn2)c(OC)cc1NC(=O)c1ccccc1. The van der Waals surface area contributed by atoms with Crippen LogP contribution in [0.4, 0.5) is 11.4 Å². The van der Waals surface area contributed by atoms with Gasteiger partial charge in [0.1, 0.15) is 17.2 Å². The third-order valence-electron chi connectivity index (χ3n) is 4.01. The largest absolute Gasteiger partial charge is 0.494 e. The van der Waals surface area contributed by atoms with E-state index in [9.17, 15) is 9.59 Å². The number of rotatable bonds is 6. The predicted molar refractivity (Wildman–Crippen MR) is 111 cm³/mol. The number of pyridine rings is 1. The van der Waals surface area contributed by atoms with Gasteiger partial charge >= 0.3 is 0 Å². The van der Waals surface area contributed by atoms with Gasteiger partial charge in [-0.15, -0.1) is 0 Å². The van der Waals surface area contributed by atoms with Crippen molar-refractivity contribution in [3.8, 4) is 11.5 Å². The van der Waals surface area contributed by atoms with Gasteiger partial charge in [0.25, 0.3) is 11.8 Å². The van der Waals surface area contributed by atoms with Crippen molar-refractivity contribution in [2.45, 2.75) is 0 Å². The molecule has 0 saturated carbocycles. The summed E-state index contributed by atoms with van der Waals surface area (Å²) in [6.07, 6.45) is 1.44. The number of carbonyl (C=O) groups excluding carboxylic acids is 2. The zero-order valence-electron chi connectivity index (χ0n) is 15.7. The van der Waals surface area contributed by atoms with E-state index in [2.05, 4.69) is 15.6 Å². The van der Waals surface area contributed by atoms with E-state index >= 15 is 0 Å². The molecule has 0 fully saturated rings. The minimum atomic E-state index is -0.464. The smallest absolute Gasteiger partial charge is 0.274 e. The minimum absolute atomic E-state index is 0.153. The molecule has 0 saturated heterocycles. The third kappa shape index (κ3) is 4.83. The molecule has 3 rings (SSSR count). The molecule has 1 heterocycles. The van der Waals surface area contributed by atoms with Crippen LogP contribution in [0.2, 0.25) is 5.02 Å². The van der Waals surface area contributed by atoms with Crippen LogP contribution in [0.5, 0.6) is 11.5 Å². The van der Waals surface area contributed by atoms with Crippen molar-refractivity contribution in [1.82, 2.24) is 4.98 Å². The first-order valence-electron chi connectivity index (χ1n) is 8.57. The van der Waals surface area contributed by atoms with Gasteiger partial charge in [0.05, 0.1) is 25.6 Å². The summed E-state index contributed by atoms with van der Waals surface area (Å²) >= 11 is 5.91. The number of hydrogen-bond acceptors (Lipinski definition) is 5. The van der Waals surface area contributed by atoms with Crippen LogP contribution in [0.15, 0.2) is 60.8 Å². The Morgan fingerprint density at radius 1 is 0.862 bits per heavy atom. The van der Waals surface area contributed by atoms with Crippen LogP contribution >= 0.6 is 11.6 Å². The number of ether oxygens (including phenoxy) is 2.